The molecule has 1 aromatic heterocycles. The average Bonchev–Trinajstić information content (AvgIpc) is 2.08. The maximum absolute atomic E-state index is 12.4. The van der Waals surface area contributed by atoms with Gasteiger partial charge in [0.05, 0.1) is 0 Å². The number of nitrogens with zero attached hydrogens (tertiary/aromatic N) is 2. The van der Waals surface area contributed by atoms with Crippen LogP contribution in [0.15, 0.2) is 6.20 Å². The number of nitrogens with one attached hydrogen (secondary N) is 1. The molecular weight excluding hydrogens is 176 g/mol. The zero-order valence-electron chi connectivity index (χ0n) is 7.51. The normalized spacial score (nSPS) is 10.8. The van der Waals surface area contributed by atoms with Gasteiger partial charge in [-0.1, -0.05) is 0 Å². The van der Waals surface area contributed by atoms with Crippen molar-refractivity contribution in [2.24, 2.45) is 0 Å². The van der Waals surface area contributed by atoms with E-state index in [1.165, 1.54) is 6.20 Å². The van der Waals surface area contributed by atoms with E-state index < -0.39 is 6.43 Å². The molecule has 0 unspecified atom stereocenters. The minimum Gasteiger partial charge on any atom is -0.316 e. The van der Waals surface area contributed by atoms with Gasteiger partial charge in [0.1, 0.15) is 11.5 Å². The van der Waals surface area contributed by atoms with Crippen LogP contribution in [0, 0.1) is 6.92 Å². The smallest absolute Gasteiger partial charge is 0.280 e. The second-order valence-electron chi connectivity index (χ2n) is 2.66. The van der Waals surface area contributed by atoms with Gasteiger partial charge in [0.2, 0.25) is 0 Å². The van der Waals surface area contributed by atoms with E-state index in [1.54, 1.807) is 14.0 Å². The third-order valence-electron chi connectivity index (χ3n) is 1.59. The van der Waals surface area contributed by atoms with Crippen LogP contribution >= 0.6 is 0 Å². The van der Waals surface area contributed by atoms with E-state index in [2.05, 4.69) is 15.3 Å². The Bertz CT molecular complexity index is 289. The number of hydrogen-bond donors (Lipinski definition) is 1. The molecule has 0 aliphatic rings. The fourth-order valence-electron chi connectivity index (χ4n) is 1.03. The lowest BCUT2D eigenvalue weighted by Gasteiger charge is -2.06. The molecule has 5 heteroatoms. The molecule has 0 fully saturated rings. The molecule has 1 rings (SSSR count). The van der Waals surface area contributed by atoms with Crippen molar-refractivity contribution >= 4 is 0 Å². The van der Waals surface area contributed by atoms with E-state index in [1.807, 2.05) is 0 Å². The summed E-state index contributed by atoms with van der Waals surface area (Å²) < 4.78 is 24.8. The summed E-state index contributed by atoms with van der Waals surface area (Å²) in [7, 11) is 1.69. The van der Waals surface area contributed by atoms with Gasteiger partial charge in [-0.2, -0.15) is 0 Å². The van der Waals surface area contributed by atoms with Gasteiger partial charge >= 0.3 is 0 Å². The summed E-state index contributed by atoms with van der Waals surface area (Å²) in [5.41, 5.74) is 0.268. The predicted octanol–water partition coefficient (Wildman–Crippen LogP) is 1.44. The molecule has 0 atom stereocenters. The summed E-state index contributed by atoms with van der Waals surface area (Å²) >= 11 is 0. The number of alkyl halides is 2. The Balaban J connectivity index is 3.03. The number of halogens is 2. The molecule has 0 aliphatic carbocycles. The zero-order chi connectivity index (χ0) is 9.84. The molecule has 1 aromatic rings. The van der Waals surface area contributed by atoms with Crippen LogP contribution in [0.3, 0.4) is 0 Å². The molecule has 0 aromatic carbocycles. The van der Waals surface area contributed by atoms with Gasteiger partial charge in [-0.15, -0.1) is 0 Å². The summed E-state index contributed by atoms with van der Waals surface area (Å²) in [6.45, 7) is 1.95. The first-order valence-electron chi connectivity index (χ1n) is 3.90. The van der Waals surface area contributed by atoms with Gasteiger partial charge in [-0.3, -0.25) is 0 Å². The Morgan fingerprint density at radius 3 is 2.77 bits per heavy atom. The van der Waals surface area contributed by atoms with Crippen molar-refractivity contribution in [2.45, 2.75) is 19.9 Å². The molecule has 13 heavy (non-hydrogen) atoms. The molecule has 0 spiro atoms. The molecule has 0 bridgehead atoms. The van der Waals surface area contributed by atoms with E-state index in [0.717, 1.165) is 0 Å². The Morgan fingerprint density at radius 2 is 2.23 bits per heavy atom. The highest BCUT2D eigenvalue weighted by Gasteiger charge is 2.14. The molecule has 0 saturated heterocycles. The maximum Gasteiger partial charge on any atom is 0.280 e. The molecule has 72 valence electrons. The quantitative estimate of drug-likeness (QED) is 0.778. The maximum atomic E-state index is 12.4. The highest BCUT2D eigenvalue weighted by Crippen LogP contribution is 2.19. The Labute approximate surface area is 75.2 Å². The van der Waals surface area contributed by atoms with Crippen LogP contribution in [0.5, 0.6) is 0 Å². The Hall–Kier alpha value is -1.10. The lowest BCUT2D eigenvalue weighted by Crippen LogP contribution is -2.10. The standard InChI is InChI=1S/C8H11F2N3/c1-5-12-4-6(3-11-2)7(13-5)8(9)10/h4,8,11H,3H2,1-2H3. The summed E-state index contributed by atoms with van der Waals surface area (Å²) in [5, 5.41) is 2.79. The molecule has 0 aliphatic heterocycles. The van der Waals surface area contributed by atoms with Crippen molar-refractivity contribution in [2.75, 3.05) is 7.05 Å². The number of aromatic nitrogens is 2. The lowest BCUT2D eigenvalue weighted by atomic mass is 10.2. The third kappa shape index (κ3) is 2.42. The second kappa shape index (κ2) is 4.23. The fourth-order valence-corrected chi connectivity index (χ4v) is 1.03. The molecule has 0 saturated carbocycles. The van der Waals surface area contributed by atoms with Gasteiger partial charge in [0.15, 0.2) is 0 Å². The van der Waals surface area contributed by atoms with Gasteiger partial charge in [-0.25, -0.2) is 18.7 Å². The van der Waals surface area contributed by atoms with Crippen molar-refractivity contribution in [3.8, 4) is 0 Å². The molecule has 1 N–H and O–H groups in total. The predicted molar refractivity (Wildman–Crippen MR) is 44.5 cm³/mol. The SMILES string of the molecule is CNCc1cnc(C)nc1C(F)F. The van der Waals surface area contributed by atoms with Crippen molar-refractivity contribution in [3.05, 3.63) is 23.3 Å². The van der Waals surface area contributed by atoms with Crippen LogP contribution in [-0.4, -0.2) is 17.0 Å². The Kier molecular flexibility index (Phi) is 3.25. The minimum atomic E-state index is -2.54. The fraction of sp³-hybridized carbons (Fsp3) is 0.500. The summed E-state index contributed by atoms with van der Waals surface area (Å²) in [5.74, 6) is 0.371. The average molecular weight is 187 g/mol. The number of hydrogen-bond acceptors (Lipinski definition) is 3. The highest BCUT2D eigenvalue weighted by atomic mass is 19.3. The van der Waals surface area contributed by atoms with Crippen LogP contribution in [0.25, 0.3) is 0 Å². The van der Waals surface area contributed by atoms with Crippen LogP contribution < -0.4 is 5.32 Å². The van der Waals surface area contributed by atoms with E-state index in [9.17, 15) is 8.78 Å². The van der Waals surface area contributed by atoms with E-state index in [-0.39, 0.29) is 5.69 Å². The molecule has 0 radical (unpaired) electrons. The monoisotopic (exact) mass is 187 g/mol. The van der Waals surface area contributed by atoms with E-state index in [4.69, 9.17) is 0 Å². The largest absolute Gasteiger partial charge is 0.316 e. The first-order valence-corrected chi connectivity index (χ1v) is 3.90. The topological polar surface area (TPSA) is 37.8 Å². The van der Waals surface area contributed by atoms with E-state index in [0.29, 0.717) is 17.9 Å². The third-order valence-corrected chi connectivity index (χ3v) is 1.59. The van der Waals surface area contributed by atoms with Crippen LogP contribution in [0.1, 0.15) is 23.5 Å². The molecule has 3 nitrogen and oxygen atoms in total. The number of aryl methyl sites for hydroxylation is 1. The van der Waals surface area contributed by atoms with Crippen molar-refractivity contribution in [3.63, 3.8) is 0 Å². The second-order valence-corrected chi connectivity index (χ2v) is 2.66. The zero-order valence-corrected chi connectivity index (χ0v) is 7.51. The summed E-state index contributed by atoms with van der Waals surface area (Å²) in [6, 6.07) is 0. The van der Waals surface area contributed by atoms with Crippen molar-refractivity contribution in [1.82, 2.24) is 15.3 Å². The first-order chi connectivity index (χ1) is 6.15. The van der Waals surface area contributed by atoms with Gasteiger partial charge < -0.3 is 5.32 Å². The molecular formula is C8H11F2N3. The number of rotatable bonds is 3. The van der Waals surface area contributed by atoms with Gasteiger partial charge in [0.25, 0.3) is 6.43 Å². The molecule has 0 amide bonds. The van der Waals surface area contributed by atoms with Gasteiger partial charge in [-0.05, 0) is 14.0 Å². The lowest BCUT2D eigenvalue weighted by molar-refractivity contribution is 0.144. The van der Waals surface area contributed by atoms with Crippen LogP contribution in [0.4, 0.5) is 8.78 Å². The highest BCUT2D eigenvalue weighted by molar-refractivity contribution is 5.18. The Morgan fingerprint density at radius 1 is 1.54 bits per heavy atom. The summed E-state index contributed by atoms with van der Waals surface area (Å²) in [4.78, 5) is 7.55. The van der Waals surface area contributed by atoms with Crippen molar-refractivity contribution < 1.29 is 8.78 Å². The minimum absolute atomic E-state index is 0.179. The first kappa shape index (κ1) is 9.98. The van der Waals surface area contributed by atoms with Crippen LogP contribution in [0.2, 0.25) is 0 Å². The van der Waals surface area contributed by atoms with E-state index >= 15 is 0 Å². The van der Waals surface area contributed by atoms with Crippen LogP contribution in [-0.2, 0) is 6.54 Å². The summed E-state index contributed by atoms with van der Waals surface area (Å²) in [6.07, 6.45) is -1.11. The van der Waals surface area contributed by atoms with Crippen molar-refractivity contribution in [1.29, 1.82) is 0 Å². The molecule has 1 heterocycles. The van der Waals surface area contributed by atoms with Gasteiger partial charge in [0, 0.05) is 18.3 Å².